The summed E-state index contributed by atoms with van der Waals surface area (Å²) in [5.41, 5.74) is -0.0615. The number of benzene rings is 1. The van der Waals surface area contributed by atoms with Gasteiger partial charge in [0.25, 0.3) is 5.91 Å². The molecule has 0 bridgehead atoms. The number of hydrogen-bond acceptors (Lipinski definition) is 3. The van der Waals surface area contributed by atoms with Crippen molar-refractivity contribution >= 4 is 16.9 Å². The van der Waals surface area contributed by atoms with E-state index in [1.807, 2.05) is 24.3 Å². The Morgan fingerprint density at radius 2 is 2.22 bits per heavy atom. The maximum atomic E-state index is 12.2. The Bertz CT molecular complexity index is 567. The Morgan fingerprint density at radius 1 is 1.44 bits per heavy atom. The van der Waals surface area contributed by atoms with Gasteiger partial charge in [0.05, 0.1) is 5.60 Å². The Hall–Kier alpha value is -1.81. The van der Waals surface area contributed by atoms with Gasteiger partial charge in [0.15, 0.2) is 5.76 Å². The zero-order valence-electron chi connectivity index (χ0n) is 10.2. The maximum absolute atomic E-state index is 12.2. The molecule has 94 valence electrons. The Kier molecular flexibility index (Phi) is 2.41. The van der Waals surface area contributed by atoms with Gasteiger partial charge in [-0.3, -0.25) is 4.79 Å². The van der Waals surface area contributed by atoms with Crippen LogP contribution in [0, 0.1) is 0 Å². The molecule has 3 rings (SSSR count). The summed E-state index contributed by atoms with van der Waals surface area (Å²) in [6.45, 7) is 2.69. The van der Waals surface area contributed by atoms with Gasteiger partial charge in [-0.15, -0.1) is 0 Å². The number of hydrogen-bond donors (Lipinski definition) is 1. The Labute approximate surface area is 105 Å². The van der Waals surface area contributed by atoms with Gasteiger partial charge in [-0.2, -0.15) is 0 Å². The predicted octanol–water partition coefficient (Wildman–Crippen LogP) is 2.03. The van der Waals surface area contributed by atoms with Crippen molar-refractivity contribution in [1.82, 2.24) is 4.90 Å². The van der Waals surface area contributed by atoms with Gasteiger partial charge in [0.1, 0.15) is 5.58 Å². The highest BCUT2D eigenvalue weighted by Gasteiger charge is 2.35. The summed E-state index contributed by atoms with van der Waals surface area (Å²) in [4.78, 5) is 13.9. The quantitative estimate of drug-likeness (QED) is 0.836. The van der Waals surface area contributed by atoms with Gasteiger partial charge in [0, 0.05) is 18.5 Å². The van der Waals surface area contributed by atoms with Crippen LogP contribution in [0.3, 0.4) is 0 Å². The number of β-amino-alcohol motifs (C(OH)–C–C–N with tert-alkyl or cyclic N) is 1. The average molecular weight is 245 g/mol. The SMILES string of the molecule is CC1(O)CCN(C(=O)c2cc3ccccc3o2)C1. The molecule has 2 aromatic rings. The fourth-order valence-corrected chi connectivity index (χ4v) is 2.36. The van der Waals surface area contributed by atoms with Crippen molar-refractivity contribution in [2.75, 3.05) is 13.1 Å². The van der Waals surface area contributed by atoms with Crippen LogP contribution in [0.4, 0.5) is 0 Å². The molecule has 1 aliphatic rings. The fraction of sp³-hybridized carbons (Fsp3) is 0.357. The van der Waals surface area contributed by atoms with Crippen LogP contribution >= 0.6 is 0 Å². The summed E-state index contributed by atoms with van der Waals surface area (Å²) in [6.07, 6.45) is 0.610. The van der Waals surface area contributed by atoms with Gasteiger partial charge in [0.2, 0.25) is 0 Å². The second-order valence-corrected chi connectivity index (χ2v) is 5.12. The third-order valence-corrected chi connectivity index (χ3v) is 3.38. The lowest BCUT2D eigenvalue weighted by Crippen LogP contribution is -2.33. The van der Waals surface area contributed by atoms with E-state index in [0.29, 0.717) is 30.9 Å². The van der Waals surface area contributed by atoms with Crippen molar-refractivity contribution in [3.63, 3.8) is 0 Å². The van der Waals surface area contributed by atoms with Gasteiger partial charge < -0.3 is 14.4 Å². The Balaban J connectivity index is 1.88. The molecule has 0 radical (unpaired) electrons. The molecule has 1 saturated heterocycles. The van der Waals surface area contributed by atoms with Crippen molar-refractivity contribution in [3.8, 4) is 0 Å². The monoisotopic (exact) mass is 245 g/mol. The summed E-state index contributed by atoms with van der Waals surface area (Å²) < 4.78 is 5.54. The molecule has 18 heavy (non-hydrogen) atoms. The third-order valence-electron chi connectivity index (χ3n) is 3.38. The molecule has 4 heteroatoms. The first kappa shape index (κ1) is 11.3. The van der Waals surface area contributed by atoms with Crippen LogP contribution in [0.1, 0.15) is 23.9 Å². The number of amides is 1. The number of carbonyl (C=O) groups is 1. The topological polar surface area (TPSA) is 53.7 Å². The van der Waals surface area contributed by atoms with Crippen LogP contribution in [0.25, 0.3) is 11.0 Å². The molecule has 0 spiro atoms. The number of aliphatic hydroxyl groups is 1. The number of fused-ring (bicyclic) bond motifs is 1. The highest BCUT2D eigenvalue weighted by Crippen LogP contribution is 2.25. The Morgan fingerprint density at radius 3 is 2.89 bits per heavy atom. The van der Waals surface area contributed by atoms with Crippen molar-refractivity contribution < 1.29 is 14.3 Å². The molecule has 2 heterocycles. The molecule has 0 aliphatic carbocycles. The molecule has 1 N–H and O–H groups in total. The van der Waals surface area contributed by atoms with E-state index >= 15 is 0 Å². The van der Waals surface area contributed by atoms with E-state index in [9.17, 15) is 9.90 Å². The zero-order chi connectivity index (χ0) is 12.8. The van der Waals surface area contributed by atoms with E-state index in [0.717, 1.165) is 5.39 Å². The molecule has 1 fully saturated rings. The van der Waals surface area contributed by atoms with Crippen LogP contribution in [0.15, 0.2) is 34.7 Å². The standard InChI is InChI=1S/C14H15NO3/c1-14(17)6-7-15(9-14)13(16)12-8-10-4-2-3-5-11(10)18-12/h2-5,8,17H,6-7,9H2,1H3. The minimum absolute atomic E-state index is 0.149. The smallest absolute Gasteiger partial charge is 0.289 e. The lowest BCUT2D eigenvalue weighted by atomic mass is 10.1. The van der Waals surface area contributed by atoms with Gasteiger partial charge in [-0.1, -0.05) is 18.2 Å². The molecular formula is C14H15NO3. The van der Waals surface area contributed by atoms with E-state index in [1.54, 1.807) is 17.9 Å². The third kappa shape index (κ3) is 1.88. The number of furan rings is 1. The van der Waals surface area contributed by atoms with E-state index in [2.05, 4.69) is 0 Å². The van der Waals surface area contributed by atoms with Crippen LogP contribution in [0.5, 0.6) is 0 Å². The van der Waals surface area contributed by atoms with Crippen molar-refractivity contribution in [2.45, 2.75) is 18.9 Å². The van der Waals surface area contributed by atoms with E-state index in [4.69, 9.17) is 4.42 Å². The molecule has 1 amide bonds. The van der Waals surface area contributed by atoms with Gasteiger partial charge in [-0.25, -0.2) is 0 Å². The highest BCUT2D eigenvalue weighted by molar-refractivity contribution is 5.96. The minimum Gasteiger partial charge on any atom is -0.451 e. The largest absolute Gasteiger partial charge is 0.451 e. The molecule has 1 atom stereocenters. The molecular weight excluding hydrogens is 230 g/mol. The summed E-state index contributed by atoms with van der Waals surface area (Å²) >= 11 is 0. The number of rotatable bonds is 1. The molecule has 1 aliphatic heterocycles. The first-order chi connectivity index (χ1) is 8.55. The first-order valence-electron chi connectivity index (χ1n) is 6.05. The van der Waals surface area contributed by atoms with Crippen LogP contribution < -0.4 is 0 Å². The van der Waals surface area contributed by atoms with Crippen LogP contribution in [-0.2, 0) is 0 Å². The predicted molar refractivity (Wildman–Crippen MR) is 67.4 cm³/mol. The van der Waals surface area contributed by atoms with E-state index < -0.39 is 5.60 Å². The molecule has 1 aromatic heterocycles. The second kappa shape index (κ2) is 3.85. The lowest BCUT2D eigenvalue weighted by molar-refractivity contribution is 0.0556. The van der Waals surface area contributed by atoms with Crippen LogP contribution in [0.2, 0.25) is 0 Å². The number of para-hydroxylation sites is 1. The number of carbonyl (C=O) groups excluding carboxylic acids is 1. The van der Waals surface area contributed by atoms with Crippen molar-refractivity contribution in [1.29, 1.82) is 0 Å². The fourth-order valence-electron chi connectivity index (χ4n) is 2.36. The average Bonchev–Trinajstić information content (AvgIpc) is 2.91. The normalized spacial score (nSPS) is 23.8. The summed E-state index contributed by atoms with van der Waals surface area (Å²) in [6, 6.07) is 9.29. The molecule has 0 saturated carbocycles. The highest BCUT2D eigenvalue weighted by atomic mass is 16.3. The molecule has 4 nitrogen and oxygen atoms in total. The second-order valence-electron chi connectivity index (χ2n) is 5.12. The summed E-state index contributed by atoms with van der Waals surface area (Å²) in [7, 11) is 0. The lowest BCUT2D eigenvalue weighted by Gasteiger charge is -2.17. The van der Waals surface area contributed by atoms with Crippen molar-refractivity contribution in [3.05, 3.63) is 36.1 Å². The molecule has 1 unspecified atom stereocenters. The maximum Gasteiger partial charge on any atom is 0.289 e. The summed E-state index contributed by atoms with van der Waals surface area (Å²) in [5.74, 6) is 0.192. The summed E-state index contributed by atoms with van der Waals surface area (Å²) in [5, 5.41) is 10.8. The molecule has 1 aromatic carbocycles. The van der Waals surface area contributed by atoms with Gasteiger partial charge >= 0.3 is 0 Å². The number of likely N-dealkylation sites (tertiary alicyclic amines) is 1. The number of nitrogens with zero attached hydrogens (tertiary/aromatic N) is 1. The first-order valence-corrected chi connectivity index (χ1v) is 6.05. The van der Waals surface area contributed by atoms with E-state index in [1.165, 1.54) is 0 Å². The minimum atomic E-state index is -0.776. The van der Waals surface area contributed by atoms with Crippen LogP contribution in [-0.4, -0.2) is 34.6 Å². The van der Waals surface area contributed by atoms with Crippen molar-refractivity contribution in [2.24, 2.45) is 0 Å². The zero-order valence-corrected chi connectivity index (χ0v) is 10.2. The van der Waals surface area contributed by atoms with E-state index in [-0.39, 0.29) is 5.91 Å². The van der Waals surface area contributed by atoms with Gasteiger partial charge in [-0.05, 0) is 25.5 Å².